The number of pyridine rings is 1. The van der Waals surface area contributed by atoms with Crippen molar-refractivity contribution in [1.29, 1.82) is 0 Å². The van der Waals surface area contributed by atoms with Crippen molar-refractivity contribution < 1.29 is 9.59 Å². The van der Waals surface area contributed by atoms with Gasteiger partial charge in [0, 0.05) is 47.0 Å². The Morgan fingerprint density at radius 1 is 1.03 bits per heavy atom. The number of amides is 2. The third-order valence-electron chi connectivity index (χ3n) is 6.07. The SMILES string of the molecule is Cc1cc(NC(=O)c2csc(C3CCN(C(=O)C#Cc4ccccc4)CC3)n2)c2ccccc2n1. The van der Waals surface area contributed by atoms with Crippen molar-refractivity contribution in [3.63, 3.8) is 0 Å². The maximum Gasteiger partial charge on any atom is 0.298 e. The van der Waals surface area contributed by atoms with Crippen LogP contribution in [0, 0.1) is 18.8 Å². The lowest BCUT2D eigenvalue weighted by molar-refractivity contribution is -0.126. The molecule has 7 heteroatoms. The molecule has 1 fully saturated rings. The summed E-state index contributed by atoms with van der Waals surface area (Å²) in [5.74, 6) is 5.54. The van der Waals surface area contributed by atoms with Gasteiger partial charge in [-0.15, -0.1) is 11.3 Å². The number of rotatable bonds is 3. The van der Waals surface area contributed by atoms with Crippen molar-refractivity contribution in [3.8, 4) is 11.8 Å². The van der Waals surface area contributed by atoms with Crippen LogP contribution in [0.3, 0.4) is 0 Å². The first kappa shape index (κ1) is 22.8. The molecule has 0 radical (unpaired) electrons. The topological polar surface area (TPSA) is 75.2 Å². The van der Waals surface area contributed by atoms with Crippen molar-refractivity contribution in [3.05, 3.63) is 88.0 Å². The quantitative estimate of drug-likeness (QED) is 0.418. The number of hydrogen-bond donors (Lipinski definition) is 1. The summed E-state index contributed by atoms with van der Waals surface area (Å²) in [5, 5.41) is 6.65. The van der Waals surface area contributed by atoms with Crippen LogP contribution in [0.15, 0.2) is 66.0 Å². The number of nitrogens with one attached hydrogen (secondary N) is 1. The van der Waals surface area contributed by atoms with E-state index in [1.807, 2.05) is 73.0 Å². The molecule has 0 aliphatic carbocycles. The maximum atomic E-state index is 12.9. The first-order valence-electron chi connectivity index (χ1n) is 11.6. The maximum absolute atomic E-state index is 12.9. The molecule has 5 rings (SSSR count). The standard InChI is InChI=1S/C28H24N4O2S/c1-19-17-24(22-9-5-6-10-23(22)29-19)30-27(34)25-18-35-28(31-25)21-13-15-32(16-14-21)26(33)12-11-20-7-3-2-4-8-20/h2-10,17-18,21H,13-16H2,1H3,(H,29,30,34). The van der Waals surface area contributed by atoms with Gasteiger partial charge >= 0.3 is 0 Å². The minimum Gasteiger partial charge on any atom is -0.332 e. The van der Waals surface area contributed by atoms with Gasteiger partial charge in [0.25, 0.3) is 11.8 Å². The molecule has 1 N–H and O–H groups in total. The average Bonchev–Trinajstić information content (AvgIpc) is 3.38. The highest BCUT2D eigenvalue weighted by Gasteiger charge is 2.26. The Morgan fingerprint density at radius 3 is 2.57 bits per heavy atom. The molecule has 0 unspecified atom stereocenters. The Bertz CT molecular complexity index is 1440. The van der Waals surface area contributed by atoms with Gasteiger partial charge in [-0.1, -0.05) is 42.3 Å². The van der Waals surface area contributed by atoms with E-state index in [1.165, 1.54) is 11.3 Å². The normalized spacial score (nSPS) is 13.8. The second-order valence-electron chi connectivity index (χ2n) is 8.54. The third-order valence-corrected chi connectivity index (χ3v) is 7.07. The number of aromatic nitrogens is 2. The van der Waals surface area contributed by atoms with Gasteiger partial charge in [-0.2, -0.15) is 0 Å². The highest BCUT2D eigenvalue weighted by atomic mass is 32.1. The van der Waals surface area contributed by atoms with Crippen molar-refractivity contribution >= 4 is 39.7 Å². The van der Waals surface area contributed by atoms with E-state index in [1.54, 1.807) is 4.90 Å². The zero-order valence-electron chi connectivity index (χ0n) is 19.3. The molecule has 0 atom stereocenters. The zero-order chi connectivity index (χ0) is 24.2. The second kappa shape index (κ2) is 10.1. The third kappa shape index (κ3) is 5.23. The zero-order valence-corrected chi connectivity index (χ0v) is 20.1. The van der Waals surface area contributed by atoms with Crippen LogP contribution < -0.4 is 5.32 Å². The summed E-state index contributed by atoms with van der Waals surface area (Å²) >= 11 is 1.50. The fourth-order valence-electron chi connectivity index (χ4n) is 4.23. The summed E-state index contributed by atoms with van der Waals surface area (Å²) in [6, 6.07) is 19.1. The first-order chi connectivity index (χ1) is 17.1. The van der Waals surface area contributed by atoms with Gasteiger partial charge in [0.1, 0.15) is 5.69 Å². The smallest absolute Gasteiger partial charge is 0.298 e. The van der Waals surface area contributed by atoms with Gasteiger partial charge in [-0.25, -0.2) is 4.98 Å². The average molecular weight is 481 g/mol. The molecule has 174 valence electrons. The van der Waals surface area contributed by atoms with Gasteiger partial charge in [-0.3, -0.25) is 14.6 Å². The van der Waals surface area contributed by atoms with Gasteiger partial charge in [0.05, 0.1) is 16.2 Å². The van der Waals surface area contributed by atoms with E-state index < -0.39 is 0 Å². The molecule has 1 aliphatic heterocycles. The second-order valence-corrected chi connectivity index (χ2v) is 9.43. The molecule has 0 spiro atoms. The summed E-state index contributed by atoms with van der Waals surface area (Å²) in [5.41, 5.74) is 3.66. The monoisotopic (exact) mass is 480 g/mol. The first-order valence-corrected chi connectivity index (χ1v) is 12.4. The number of likely N-dealkylation sites (tertiary alicyclic amines) is 1. The lowest BCUT2D eigenvalue weighted by Gasteiger charge is -2.29. The van der Waals surface area contributed by atoms with E-state index in [2.05, 4.69) is 27.1 Å². The van der Waals surface area contributed by atoms with Crippen molar-refractivity contribution in [2.75, 3.05) is 18.4 Å². The van der Waals surface area contributed by atoms with E-state index in [0.29, 0.717) is 18.8 Å². The Balaban J connectivity index is 1.21. The van der Waals surface area contributed by atoms with E-state index in [4.69, 9.17) is 0 Å². The summed E-state index contributed by atoms with van der Waals surface area (Å²) in [4.78, 5) is 36.4. The van der Waals surface area contributed by atoms with E-state index in [0.717, 1.165) is 45.7 Å². The van der Waals surface area contributed by atoms with Crippen LogP contribution in [0.4, 0.5) is 5.69 Å². The Hall–Kier alpha value is -4.02. The minimum absolute atomic E-state index is 0.147. The molecule has 3 heterocycles. The highest BCUT2D eigenvalue weighted by molar-refractivity contribution is 7.10. The van der Waals surface area contributed by atoms with Crippen molar-refractivity contribution in [2.45, 2.75) is 25.7 Å². The number of carbonyl (C=O) groups excluding carboxylic acids is 2. The van der Waals surface area contributed by atoms with Gasteiger partial charge < -0.3 is 10.2 Å². The van der Waals surface area contributed by atoms with Crippen LogP contribution in [-0.2, 0) is 4.79 Å². The summed E-state index contributed by atoms with van der Waals surface area (Å²) in [6.45, 7) is 3.18. The molecule has 35 heavy (non-hydrogen) atoms. The summed E-state index contributed by atoms with van der Waals surface area (Å²) in [7, 11) is 0. The lowest BCUT2D eigenvalue weighted by Crippen LogP contribution is -2.37. The van der Waals surface area contributed by atoms with Crippen LogP contribution in [0.5, 0.6) is 0 Å². The summed E-state index contributed by atoms with van der Waals surface area (Å²) < 4.78 is 0. The fourth-order valence-corrected chi connectivity index (χ4v) is 5.20. The number of nitrogens with zero attached hydrogens (tertiary/aromatic N) is 3. The predicted octanol–water partition coefficient (Wildman–Crippen LogP) is 5.01. The Morgan fingerprint density at radius 2 is 1.77 bits per heavy atom. The Kier molecular flexibility index (Phi) is 6.55. The molecule has 4 aromatic rings. The molecule has 1 aliphatic rings. The predicted molar refractivity (Wildman–Crippen MR) is 138 cm³/mol. The van der Waals surface area contributed by atoms with Crippen molar-refractivity contribution in [2.24, 2.45) is 0 Å². The number of carbonyl (C=O) groups is 2. The molecule has 2 aromatic carbocycles. The van der Waals surface area contributed by atoms with E-state index >= 15 is 0 Å². The number of benzene rings is 2. The lowest BCUT2D eigenvalue weighted by atomic mass is 9.97. The molecule has 6 nitrogen and oxygen atoms in total. The Labute approximate surface area is 208 Å². The highest BCUT2D eigenvalue weighted by Crippen LogP contribution is 2.31. The van der Waals surface area contributed by atoms with Crippen LogP contribution >= 0.6 is 11.3 Å². The number of fused-ring (bicyclic) bond motifs is 1. The van der Waals surface area contributed by atoms with Crippen LogP contribution in [0.2, 0.25) is 0 Å². The molecule has 1 saturated heterocycles. The minimum atomic E-state index is -0.230. The molecule has 0 bridgehead atoms. The number of piperidine rings is 1. The number of anilines is 1. The molecule has 2 aromatic heterocycles. The van der Waals surface area contributed by atoms with E-state index in [9.17, 15) is 9.59 Å². The van der Waals surface area contributed by atoms with Gasteiger partial charge in [0.2, 0.25) is 0 Å². The number of hydrogen-bond acceptors (Lipinski definition) is 5. The van der Waals surface area contributed by atoms with E-state index in [-0.39, 0.29) is 17.7 Å². The molecular formula is C28H24N4O2S. The van der Waals surface area contributed by atoms with Crippen LogP contribution in [0.1, 0.15) is 45.5 Å². The van der Waals surface area contributed by atoms with Gasteiger partial charge in [0.15, 0.2) is 0 Å². The molecular weight excluding hydrogens is 456 g/mol. The number of para-hydroxylation sites is 1. The summed E-state index contributed by atoms with van der Waals surface area (Å²) in [6.07, 6.45) is 1.61. The number of thiazole rings is 1. The fraction of sp³-hybridized carbons (Fsp3) is 0.214. The number of aryl methyl sites for hydroxylation is 1. The van der Waals surface area contributed by atoms with Gasteiger partial charge in [-0.05, 0) is 44.0 Å². The van der Waals surface area contributed by atoms with Crippen molar-refractivity contribution in [1.82, 2.24) is 14.9 Å². The van der Waals surface area contributed by atoms with Crippen LogP contribution in [0.25, 0.3) is 10.9 Å². The molecule has 0 saturated carbocycles. The molecule has 2 amide bonds. The largest absolute Gasteiger partial charge is 0.332 e. The van der Waals surface area contributed by atoms with Crippen LogP contribution in [-0.4, -0.2) is 39.8 Å².